The van der Waals surface area contributed by atoms with Gasteiger partial charge in [0.25, 0.3) is 5.91 Å². The molecule has 0 N–H and O–H groups in total. The highest BCUT2D eigenvalue weighted by Crippen LogP contribution is 2.17. The van der Waals surface area contributed by atoms with Gasteiger partial charge in [0.1, 0.15) is 11.6 Å². The van der Waals surface area contributed by atoms with Gasteiger partial charge in [-0.05, 0) is 52.7 Å². The number of hydrogen-bond acceptors (Lipinski definition) is 3. The molecule has 1 aromatic heterocycles. The lowest BCUT2D eigenvalue weighted by molar-refractivity contribution is 0.0766. The van der Waals surface area contributed by atoms with Crippen molar-refractivity contribution in [2.24, 2.45) is 0 Å². The number of anilines is 1. The Morgan fingerprint density at radius 2 is 2.00 bits per heavy atom. The van der Waals surface area contributed by atoms with Gasteiger partial charge in [0.05, 0.1) is 0 Å². The molecule has 4 nitrogen and oxygen atoms in total. The Bertz CT molecular complexity index is 692. The first-order valence-corrected chi connectivity index (χ1v) is 8.34. The number of rotatable bonds is 2. The minimum Gasteiger partial charge on any atom is -0.355 e. The fraction of sp³-hybridized carbons (Fsp3) is 0.294. The quantitative estimate of drug-likeness (QED) is 0.805. The minimum absolute atomic E-state index is 0.116. The van der Waals surface area contributed by atoms with Crippen molar-refractivity contribution in [3.63, 3.8) is 0 Å². The van der Waals surface area contributed by atoms with Crippen LogP contribution in [0.2, 0.25) is 0 Å². The summed E-state index contributed by atoms with van der Waals surface area (Å²) in [6.45, 7) is 2.84. The summed E-state index contributed by atoms with van der Waals surface area (Å²) in [6, 6.07) is 9.79. The highest BCUT2D eigenvalue weighted by Gasteiger charge is 2.21. The second kappa shape index (κ2) is 7.08. The number of amides is 1. The van der Waals surface area contributed by atoms with E-state index in [2.05, 4.69) is 25.8 Å². The molecule has 120 valence electrons. The molecule has 0 unspecified atom stereocenters. The number of aromatic nitrogens is 1. The maximum Gasteiger partial charge on any atom is 0.254 e. The zero-order chi connectivity index (χ0) is 16.2. The normalized spacial score (nSPS) is 15.4. The van der Waals surface area contributed by atoms with Gasteiger partial charge in [-0.3, -0.25) is 4.79 Å². The zero-order valence-electron chi connectivity index (χ0n) is 12.6. The first-order chi connectivity index (χ1) is 11.1. The Morgan fingerprint density at radius 3 is 2.74 bits per heavy atom. The molecule has 1 aliphatic heterocycles. The van der Waals surface area contributed by atoms with Crippen molar-refractivity contribution in [3.05, 3.63) is 58.4 Å². The van der Waals surface area contributed by atoms with Crippen molar-refractivity contribution in [2.75, 3.05) is 31.1 Å². The molecule has 2 aromatic rings. The number of benzene rings is 1. The van der Waals surface area contributed by atoms with Crippen LogP contribution in [0.25, 0.3) is 0 Å². The van der Waals surface area contributed by atoms with Crippen molar-refractivity contribution in [1.82, 2.24) is 9.88 Å². The van der Waals surface area contributed by atoms with Crippen molar-refractivity contribution in [3.8, 4) is 0 Å². The number of carbonyl (C=O) groups excluding carboxylic acids is 1. The van der Waals surface area contributed by atoms with E-state index >= 15 is 0 Å². The molecule has 0 spiro atoms. The molecule has 0 radical (unpaired) electrons. The van der Waals surface area contributed by atoms with Gasteiger partial charge in [0.15, 0.2) is 0 Å². The molecule has 6 heteroatoms. The number of carbonyl (C=O) groups is 1. The van der Waals surface area contributed by atoms with E-state index in [1.54, 1.807) is 23.2 Å². The van der Waals surface area contributed by atoms with Gasteiger partial charge >= 0.3 is 0 Å². The van der Waals surface area contributed by atoms with E-state index in [0.29, 0.717) is 18.7 Å². The molecule has 0 bridgehead atoms. The number of nitrogens with zero attached hydrogens (tertiary/aromatic N) is 3. The van der Waals surface area contributed by atoms with E-state index in [9.17, 15) is 9.18 Å². The van der Waals surface area contributed by atoms with Crippen LogP contribution >= 0.6 is 15.9 Å². The predicted octanol–water partition coefficient (Wildman–Crippen LogP) is 3.34. The van der Waals surface area contributed by atoms with Crippen molar-refractivity contribution < 1.29 is 9.18 Å². The first-order valence-electron chi connectivity index (χ1n) is 7.55. The summed E-state index contributed by atoms with van der Waals surface area (Å²) in [5, 5.41) is 0. The summed E-state index contributed by atoms with van der Waals surface area (Å²) in [7, 11) is 0. The molecule has 0 atom stereocenters. The summed E-state index contributed by atoms with van der Waals surface area (Å²) >= 11 is 3.38. The van der Waals surface area contributed by atoms with Crippen LogP contribution in [0.4, 0.5) is 10.2 Å². The Balaban J connectivity index is 1.68. The molecule has 2 heterocycles. The molecule has 1 aliphatic rings. The Kier molecular flexibility index (Phi) is 4.91. The maximum atomic E-state index is 13.3. The monoisotopic (exact) mass is 377 g/mol. The SMILES string of the molecule is O=C(c1cccc(F)c1)N1CCCN(c2ccc(Br)cn2)CC1. The Labute approximate surface area is 143 Å². The van der Waals surface area contributed by atoms with Crippen LogP contribution < -0.4 is 4.90 Å². The average molecular weight is 378 g/mol. The molecule has 1 fully saturated rings. The summed E-state index contributed by atoms with van der Waals surface area (Å²) < 4.78 is 14.2. The van der Waals surface area contributed by atoms with E-state index < -0.39 is 0 Å². The Hall–Kier alpha value is -1.95. The lowest BCUT2D eigenvalue weighted by atomic mass is 10.2. The molecule has 0 aliphatic carbocycles. The smallest absolute Gasteiger partial charge is 0.254 e. The summed E-state index contributed by atoms with van der Waals surface area (Å²) in [6.07, 6.45) is 2.63. The van der Waals surface area contributed by atoms with E-state index in [-0.39, 0.29) is 11.7 Å². The molecule has 3 rings (SSSR count). The average Bonchev–Trinajstić information content (AvgIpc) is 2.81. The second-order valence-corrected chi connectivity index (χ2v) is 6.39. The molecule has 1 saturated heterocycles. The lowest BCUT2D eigenvalue weighted by Gasteiger charge is -2.23. The zero-order valence-corrected chi connectivity index (χ0v) is 14.2. The lowest BCUT2D eigenvalue weighted by Crippen LogP contribution is -2.35. The summed E-state index contributed by atoms with van der Waals surface area (Å²) in [5.41, 5.74) is 0.403. The van der Waals surface area contributed by atoms with Crippen LogP contribution in [-0.4, -0.2) is 42.0 Å². The largest absolute Gasteiger partial charge is 0.355 e. The molecule has 1 amide bonds. The van der Waals surface area contributed by atoms with E-state index in [1.807, 2.05) is 12.1 Å². The fourth-order valence-electron chi connectivity index (χ4n) is 2.71. The van der Waals surface area contributed by atoms with E-state index in [1.165, 1.54) is 12.1 Å². The van der Waals surface area contributed by atoms with Gasteiger partial charge in [-0.1, -0.05) is 6.07 Å². The molecule has 0 saturated carbocycles. The highest BCUT2D eigenvalue weighted by molar-refractivity contribution is 9.10. The van der Waals surface area contributed by atoms with Crippen LogP contribution in [-0.2, 0) is 0 Å². The third-order valence-electron chi connectivity index (χ3n) is 3.89. The molecule has 23 heavy (non-hydrogen) atoms. The molecule has 1 aromatic carbocycles. The third-order valence-corrected chi connectivity index (χ3v) is 4.36. The van der Waals surface area contributed by atoms with Gasteiger partial charge in [-0.2, -0.15) is 0 Å². The summed E-state index contributed by atoms with van der Waals surface area (Å²) in [4.78, 5) is 20.9. The van der Waals surface area contributed by atoms with E-state index in [0.717, 1.165) is 29.8 Å². The third kappa shape index (κ3) is 3.88. The number of halogens is 2. The second-order valence-electron chi connectivity index (χ2n) is 5.48. The van der Waals surface area contributed by atoms with Gasteiger partial charge in [-0.15, -0.1) is 0 Å². The fourth-order valence-corrected chi connectivity index (χ4v) is 2.94. The van der Waals surface area contributed by atoms with Gasteiger partial charge in [0, 0.05) is 42.4 Å². The standard InChI is InChI=1S/C17H17BrFN3O/c18-14-5-6-16(20-12-14)21-7-2-8-22(10-9-21)17(23)13-3-1-4-15(19)11-13/h1,3-6,11-12H,2,7-10H2. The molecular formula is C17H17BrFN3O. The van der Waals surface area contributed by atoms with Crippen molar-refractivity contribution in [1.29, 1.82) is 0 Å². The Morgan fingerprint density at radius 1 is 1.13 bits per heavy atom. The van der Waals surface area contributed by atoms with Gasteiger partial charge < -0.3 is 9.80 Å². The van der Waals surface area contributed by atoms with Crippen LogP contribution in [0.15, 0.2) is 47.1 Å². The van der Waals surface area contributed by atoms with Gasteiger partial charge in [-0.25, -0.2) is 9.37 Å². The van der Waals surface area contributed by atoms with Crippen LogP contribution in [0, 0.1) is 5.82 Å². The maximum absolute atomic E-state index is 13.3. The van der Waals surface area contributed by atoms with Gasteiger partial charge in [0.2, 0.25) is 0 Å². The van der Waals surface area contributed by atoms with Crippen LogP contribution in [0.5, 0.6) is 0 Å². The van der Waals surface area contributed by atoms with Crippen molar-refractivity contribution in [2.45, 2.75) is 6.42 Å². The van der Waals surface area contributed by atoms with Crippen LogP contribution in [0.1, 0.15) is 16.8 Å². The molecular weight excluding hydrogens is 361 g/mol. The highest BCUT2D eigenvalue weighted by atomic mass is 79.9. The number of hydrogen-bond donors (Lipinski definition) is 0. The van der Waals surface area contributed by atoms with Crippen molar-refractivity contribution >= 4 is 27.7 Å². The summed E-state index contributed by atoms with van der Waals surface area (Å²) in [5.74, 6) is 0.412. The predicted molar refractivity (Wildman–Crippen MR) is 91.1 cm³/mol. The minimum atomic E-state index is -0.383. The topological polar surface area (TPSA) is 36.4 Å². The first kappa shape index (κ1) is 15.9. The van der Waals surface area contributed by atoms with E-state index in [4.69, 9.17) is 0 Å². The van der Waals surface area contributed by atoms with Crippen LogP contribution in [0.3, 0.4) is 0 Å². The number of pyridine rings is 1.